The average molecular weight is 447 g/mol. The Morgan fingerprint density at radius 1 is 0.875 bits per heavy atom. The number of aliphatic imine (C=N–C) groups is 1. The normalized spacial score (nSPS) is 12.3. The van der Waals surface area contributed by atoms with Crippen LogP contribution < -0.4 is 4.74 Å². The fraction of sp³-hybridized carbons (Fsp3) is 0.321. The number of hydrogen-bond acceptors (Lipinski definition) is 3. The number of benzene rings is 3. The van der Waals surface area contributed by atoms with Crippen molar-refractivity contribution in [3.05, 3.63) is 77.4 Å². The van der Waals surface area contributed by atoms with Crippen molar-refractivity contribution in [3.63, 3.8) is 0 Å². The number of hydrogen-bond donors (Lipinski definition) is 0. The van der Waals surface area contributed by atoms with E-state index in [9.17, 15) is 5.11 Å². The third kappa shape index (κ3) is 5.74. The Hall–Kier alpha value is -2.72. The van der Waals surface area contributed by atoms with Crippen LogP contribution in [-0.4, -0.2) is 13.3 Å². The van der Waals surface area contributed by atoms with E-state index in [1.165, 1.54) is 0 Å². The summed E-state index contributed by atoms with van der Waals surface area (Å²) < 4.78 is 5.25. The fourth-order valence-corrected chi connectivity index (χ4v) is 4.20. The van der Waals surface area contributed by atoms with Gasteiger partial charge < -0.3 is 4.74 Å². The molecule has 0 aliphatic carbocycles. The Balaban J connectivity index is 1.99. The van der Waals surface area contributed by atoms with Gasteiger partial charge in [0.25, 0.3) is 0 Å². The zero-order valence-electron chi connectivity index (χ0n) is 20.0. The van der Waals surface area contributed by atoms with Crippen LogP contribution in [0.15, 0.2) is 75.4 Å². The van der Waals surface area contributed by atoms with E-state index in [-0.39, 0.29) is 16.6 Å². The van der Waals surface area contributed by atoms with Gasteiger partial charge in [0.05, 0.1) is 12.8 Å². The standard InChI is InChI=1S/C28H32NO2S/c1-27(2,3)20-16-19(26(30)23(17-20)28(4,5)6)18-29-24-10-8-9-11-25(24)32-22-14-12-21(31-7)13-15-22/h8-18H,1-7H3. The predicted octanol–water partition coefficient (Wildman–Crippen LogP) is 8.34. The first-order valence-electron chi connectivity index (χ1n) is 10.8. The maximum atomic E-state index is 13.2. The summed E-state index contributed by atoms with van der Waals surface area (Å²) in [4.78, 5) is 6.87. The first kappa shape index (κ1) is 23.9. The molecule has 0 amide bonds. The van der Waals surface area contributed by atoms with E-state index in [0.29, 0.717) is 5.56 Å². The number of methoxy groups -OCH3 is 1. The van der Waals surface area contributed by atoms with Crippen molar-refractivity contribution in [3.8, 4) is 11.5 Å². The monoisotopic (exact) mass is 446 g/mol. The van der Waals surface area contributed by atoms with Gasteiger partial charge in [-0.1, -0.05) is 71.5 Å². The molecule has 3 rings (SSSR count). The topological polar surface area (TPSA) is 41.5 Å². The lowest BCUT2D eigenvalue weighted by molar-refractivity contribution is 0.339. The molecule has 3 aromatic carbocycles. The molecule has 167 valence electrons. The maximum Gasteiger partial charge on any atom is 0.191 e. The molecule has 0 heterocycles. The van der Waals surface area contributed by atoms with Crippen LogP contribution in [0.2, 0.25) is 0 Å². The van der Waals surface area contributed by atoms with Gasteiger partial charge in [0.1, 0.15) is 5.75 Å². The molecule has 32 heavy (non-hydrogen) atoms. The number of rotatable bonds is 5. The zero-order chi connectivity index (χ0) is 23.5. The highest BCUT2D eigenvalue weighted by Crippen LogP contribution is 2.39. The quantitative estimate of drug-likeness (QED) is 0.370. The van der Waals surface area contributed by atoms with Crippen molar-refractivity contribution >= 4 is 23.7 Å². The van der Waals surface area contributed by atoms with Crippen LogP contribution in [0.3, 0.4) is 0 Å². The van der Waals surface area contributed by atoms with E-state index in [0.717, 1.165) is 32.4 Å². The molecule has 1 radical (unpaired) electrons. The third-order valence-electron chi connectivity index (χ3n) is 5.29. The summed E-state index contributed by atoms with van der Waals surface area (Å²) in [6.45, 7) is 12.7. The minimum atomic E-state index is -0.233. The van der Waals surface area contributed by atoms with Crippen molar-refractivity contribution in [2.24, 2.45) is 4.99 Å². The van der Waals surface area contributed by atoms with Crippen LogP contribution in [0, 0.1) is 0 Å². The Morgan fingerprint density at radius 3 is 2.12 bits per heavy atom. The molecule has 0 atom stereocenters. The molecule has 3 nitrogen and oxygen atoms in total. The molecule has 0 saturated heterocycles. The second-order valence-electron chi connectivity index (χ2n) is 9.95. The molecular weight excluding hydrogens is 414 g/mol. The summed E-state index contributed by atoms with van der Waals surface area (Å²) in [5.41, 5.74) is 3.15. The van der Waals surface area contributed by atoms with E-state index in [2.05, 4.69) is 47.6 Å². The predicted molar refractivity (Wildman–Crippen MR) is 135 cm³/mol. The number of para-hydroxylation sites is 1. The van der Waals surface area contributed by atoms with Gasteiger partial charge in [-0.25, -0.2) is 0 Å². The smallest absolute Gasteiger partial charge is 0.191 e. The first-order valence-corrected chi connectivity index (χ1v) is 11.6. The SMILES string of the molecule is COc1ccc(Sc2ccccc2N=Cc2cc(C(C)(C)C)cc(C(C)(C)C)c2[O])cc1. The van der Waals surface area contributed by atoms with E-state index < -0.39 is 0 Å². The molecule has 0 unspecified atom stereocenters. The lowest BCUT2D eigenvalue weighted by Gasteiger charge is -2.26. The molecule has 0 spiro atoms. The van der Waals surface area contributed by atoms with Crippen molar-refractivity contribution < 1.29 is 9.84 Å². The van der Waals surface area contributed by atoms with Gasteiger partial charge in [-0.15, -0.1) is 0 Å². The summed E-state index contributed by atoms with van der Waals surface area (Å²) >= 11 is 1.64. The summed E-state index contributed by atoms with van der Waals surface area (Å²) in [7, 11) is 1.66. The summed E-state index contributed by atoms with van der Waals surface area (Å²) in [6, 6.07) is 20.0. The molecule has 0 aliphatic rings. The van der Waals surface area contributed by atoms with Crippen molar-refractivity contribution in [2.45, 2.75) is 62.2 Å². The van der Waals surface area contributed by atoms with Crippen LogP contribution in [0.1, 0.15) is 58.2 Å². The van der Waals surface area contributed by atoms with Crippen LogP contribution in [0.5, 0.6) is 11.5 Å². The van der Waals surface area contributed by atoms with Gasteiger partial charge in [-0.05, 0) is 58.9 Å². The Labute approximate surface area is 196 Å². The third-order valence-corrected chi connectivity index (χ3v) is 6.36. The number of ether oxygens (including phenoxy) is 1. The summed E-state index contributed by atoms with van der Waals surface area (Å²) in [6.07, 6.45) is 1.72. The Bertz CT molecular complexity index is 1100. The van der Waals surface area contributed by atoms with Crippen LogP contribution in [0.25, 0.3) is 0 Å². The van der Waals surface area contributed by atoms with Crippen molar-refractivity contribution in [1.82, 2.24) is 0 Å². The maximum absolute atomic E-state index is 13.2. The van der Waals surface area contributed by atoms with Crippen molar-refractivity contribution in [2.75, 3.05) is 7.11 Å². The minimum absolute atomic E-state index is 0.0505. The van der Waals surface area contributed by atoms with Crippen molar-refractivity contribution in [1.29, 1.82) is 0 Å². The molecular formula is C28H32NO2S. The molecule has 0 saturated carbocycles. The highest BCUT2D eigenvalue weighted by atomic mass is 32.2. The second-order valence-corrected chi connectivity index (χ2v) is 11.1. The minimum Gasteiger partial charge on any atom is -0.497 e. The molecule has 3 aromatic rings. The van der Waals surface area contributed by atoms with E-state index >= 15 is 0 Å². The largest absolute Gasteiger partial charge is 0.497 e. The fourth-order valence-electron chi connectivity index (χ4n) is 3.30. The van der Waals surface area contributed by atoms with Gasteiger partial charge in [0, 0.05) is 27.1 Å². The van der Waals surface area contributed by atoms with E-state index in [1.807, 2.05) is 54.6 Å². The number of nitrogens with zero attached hydrogens (tertiary/aromatic N) is 1. The van der Waals surface area contributed by atoms with E-state index in [4.69, 9.17) is 9.73 Å². The molecule has 0 N–H and O–H groups in total. The molecule has 0 aromatic heterocycles. The average Bonchev–Trinajstić information content (AvgIpc) is 2.73. The van der Waals surface area contributed by atoms with Gasteiger partial charge in [-0.2, -0.15) is 0 Å². The van der Waals surface area contributed by atoms with Crippen LogP contribution in [0.4, 0.5) is 5.69 Å². The van der Waals surface area contributed by atoms with Crippen LogP contribution >= 0.6 is 11.8 Å². The highest BCUT2D eigenvalue weighted by molar-refractivity contribution is 7.99. The van der Waals surface area contributed by atoms with E-state index in [1.54, 1.807) is 25.1 Å². The summed E-state index contributed by atoms with van der Waals surface area (Å²) in [5.74, 6) is 0.881. The van der Waals surface area contributed by atoms with Gasteiger partial charge in [0.15, 0.2) is 5.75 Å². The lowest BCUT2D eigenvalue weighted by Crippen LogP contribution is -2.17. The van der Waals surface area contributed by atoms with Gasteiger partial charge in [0.2, 0.25) is 0 Å². The first-order chi connectivity index (χ1) is 15.0. The zero-order valence-corrected chi connectivity index (χ0v) is 20.8. The Morgan fingerprint density at radius 2 is 1.53 bits per heavy atom. The highest BCUT2D eigenvalue weighted by Gasteiger charge is 2.25. The second kappa shape index (κ2) is 9.41. The van der Waals surface area contributed by atoms with Gasteiger partial charge in [-0.3, -0.25) is 10.1 Å². The molecule has 4 heteroatoms. The van der Waals surface area contributed by atoms with Crippen LogP contribution in [-0.2, 0) is 15.9 Å². The van der Waals surface area contributed by atoms with Gasteiger partial charge >= 0.3 is 0 Å². The molecule has 0 fully saturated rings. The Kier molecular flexibility index (Phi) is 7.04. The molecule has 0 aliphatic heterocycles. The lowest BCUT2D eigenvalue weighted by atomic mass is 9.79. The summed E-state index contributed by atoms with van der Waals surface area (Å²) in [5, 5.41) is 13.2. The molecule has 0 bridgehead atoms.